The van der Waals surface area contributed by atoms with Gasteiger partial charge in [-0.05, 0) is 27.2 Å². The van der Waals surface area contributed by atoms with E-state index in [1.807, 2.05) is 20.8 Å². The monoisotopic (exact) mass is 231 g/mol. The fraction of sp³-hybridized carbons (Fsp3) is 0.818. The molecular formula is C11H21NO4. The summed E-state index contributed by atoms with van der Waals surface area (Å²) < 4.78 is 4.85. The average molecular weight is 231 g/mol. The molecule has 0 aliphatic rings. The lowest BCUT2D eigenvalue weighted by Gasteiger charge is -2.34. The highest BCUT2D eigenvalue weighted by atomic mass is 16.5. The lowest BCUT2D eigenvalue weighted by molar-refractivity contribution is -0.148. The van der Waals surface area contributed by atoms with Gasteiger partial charge in [0.15, 0.2) is 0 Å². The molecule has 0 fully saturated rings. The quantitative estimate of drug-likeness (QED) is 0.696. The first kappa shape index (κ1) is 14.9. The predicted octanol–water partition coefficient (Wildman–Crippen LogP) is 1.12. The van der Waals surface area contributed by atoms with Crippen LogP contribution < -0.4 is 0 Å². The minimum atomic E-state index is -0.991. The maximum absolute atomic E-state index is 11.8. The van der Waals surface area contributed by atoms with E-state index in [-0.39, 0.29) is 12.5 Å². The van der Waals surface area contributed by atoms with E-state index in [2.05, 4.69) is 0 Å². The molecule has 5 nitrogen and oxygen atoms in total. The van der Waals surface area contributed by atoms with Gasteiger partial charge in [0.25, 0.3) is 0 Å². The van der Waals surface area contributed by atoms with Gasteiger partial charge >= 0.3 is 5.97 Å². The molecule has 0 atom stereocenters. The van der Waals surface area contributed by atoms with Crippen molar-refractivity contribution in [1.82, 2.24) is 4.90 Å². The second kappa shape index (κ2) is 6.48. The van der Waals surface area contributed by atoms with Gasteiger partial charge in [-0.25, -0.2) is 0 Å². The first-order chi connectivity index (χ1) is 7.29. The summed E-state index contributed by atoms with van der Waals surface area (Å²) in [5.41, 5.74) is -0.470. The zero-order valence-electron chi connectivity index (χ0n) is 10.4. The van der Waals surface area contributed by atoms with Crippen molar-refractivity contribution >= 4 is 11.9 Å². The van der Waals surface area contributed by atoms with Crippen LogP contribution in [-0.4, -0.2) is 47.7 Å². The summed E-state index contributed by atoms with van der Waals surface area (Å²) in [6, 6.07) is 0. The maximum atomic E-state index is 11.8. The smallest absolute Gasteiger partial charge is 0.323 e. The molecule has 0 spiro atoms. The minimum absolute atomic E-state index is 0.146. The Bertz CT molecular complexity index is 245. The number of rotatable bonds is 6. The number of methoxy groups -OCH3 is 1. The molecule has 94 valence electrons. The largest absolute Gasteiger partial charge is 0.480 e. The van der Waals surface area contributed by atoms with Crippen molar-refractivity contribution in [2.75, 3.05) is 20.3 Å². The Kier molecular flexibility index (Phi) is 6.03. The molecule has 0 unspecified atom stereocenters. The zero-order valence-corrected chi connectivity index (χ0v) is 10.4. The minimum Gasteiger partial charge on any atom is -0.480 e. The van der Waals surface area contributed by atoms with E-state index in [0.29, 0.717) is 19.4 Å². The number of carboxylic acids is 1. The summed E-state index contributed by atoms with van der Waals surface area (Å²) in [6.45, 7) is 5.73. The number of carbonyl (C=O) groups excluding carboxylic acids is 1. The molecule has 16 heavy (non-hydrogen) atoms. The topological polar surface area (TPSA) is 66.8 Å². The van der Waals surface area contributed by atoms with Crippen molar-refractivity contribution in [3.05, 3.63) is 0 Å². The number of carbonyl (C=O) groups is 2. The van der Waals surface area contributed by atoms with Gasteiger partial charge in [0, 0.05) is 25.7 Å². The Morgan fingerprint density at radius 3 is 2.25 bits per heavy atom. The number of aliphatic carboxylic acids is 1. The maximum Gasteiger partial charge on any atom is 0.323 e. The summed E-state index contributed by atoms with van der Waals surface area (Å²) in [5, 5.41) is 8.75. The number of hydrogen-bond acceptors (Lipinski definition) is 3. The van der Waals surface area contributed by atoms with Crippen molar-refractivity contribution in [3.63, 3.8) is 0 Å². The molecule has 0 saturated heterocycles. The molecule has 0 aromatic rings. The third-order valence-corrected chi connectivity index (χ3v) is 2.14. The third kappa shape index (κ3) is 5.70. The molecule has 0 aliphatic heterocycles. The van der Waals surface area contributed by atoms with Gasteiger partial charge in [-0.15, -0.1) is 0 Å². The van der Waals surface area contributed by atoms with E-state index in [4.69, 9.17) is 9.84 Å². The molecule has 0 aromatic carbocycles. The van der Waals surface area contributed by atoms with Crippen LogP contribution in [0.1, 0.15) is 33.6 Å². The van der Waals surface area contributed by atoms with Crippen LogP contribution in [-0.2, 0) is 14.3 Å². The van der Waals surface area contributed by atoms with Crippen LogP contribution >= 0.6 is 0 Å². The number of ether oxygens (including phenoxy) is 1. The van der Waals surface area contributed by atoms with E-state index >= 15 is 0 Å². The molecule has 1 N–H and O–H groups in total. The van der Waals surface area contributed by atoms with E-state index in [1.165, 1.54) is 4.90 Å². The van der Waals surface area contributed by atoms with Gasteiger partial charge in [-0.3, -0.25) is 9.59 Å². The van der Waals surface area contributed by atoms with Crippen LogP contribution in [0.5, 0.6) is 0 Å². The highest BCUT2D eigenvalue weighted by Crippen LogP contribution is 2.15. The second-order valence-electron chi connectivity index (χ2n) is 4.64. The van der Waals surface area contributed by atoms with Gasteiger partial charge < -0.3 is 14.7 Å². The molecule has 0 aromatic heterocycles. The number of amides is 1. The lowest BCUT2D eigenvalue weighted by atomic mass is 10.0. The van der Waals surface area contributed by atoms with E-state index < -0.39 is 11.5 Å². The Balaban J connectivity index is 4.39. The molecule has 0 radical (unpaired) electrons. The number of carboxylic acid groups (broad SMARTS) is 1. The van der Waals surface area contributed by atoms with Crippen molar-refractivity contribution in [2.24, 2.45) is 0 Å². The Hall–Kier alpha value is -1.10. The Morgan fingerprint density at radius 1 is 1.31 bits per heavy atom. The van der Waals surface area contributed by atoms with Crippen LogP contribution in [0.3, 0.4) is 0 Å². The predicted molar refractivity (Wildman–Crippen MR) is 60.2 cm³/mol. The van der Waals surface area contributed by atoms with Crippen LogP contribution in [0.4, 0.5) is 0 Å². The number of hydrogen-bond donors (Lipinski definition) is 1. The van der Waals surface area contributed by atoms with Crippen molar-refractivity contribution in [1.29, 1.82) is 0 Å². The van der Waals surface area contributed by atoms with Gasteiger partial charge in [0.05, 0.1) is 0 Å². The molecule has 0 bridgehead atoms. The van der Waals surface area contributed by atoms with Crippen molar-refractivity contribution in [2.45, 2.75) is 39.2 Å². The van der Waals surface area contributed by atoms with Crippen LogP contribution in [0.2, 0.25) is 0 Å². The molecule has 5 heteroatoms. The van der Waals surface area contributed by atoms with E-state index in [9.17, 15) is 9.59 Å². The first-order valence-electron chi connectivity index (χ1n) is 5.30. The summed E-state index contributed by atoms with van der Waals surface area (Å²) in [7, 11) is 1.57. The zero-order chi connectivity index (χ0) is 12.8. The molecule has 0 aliphatic carbocycles. The molecular weight excluding hydrogens is 210 g/mol. The Morgan fingerprint density at radius 2 is 1.88 bits per heavy atom. The van der Waals surface area contributed by atoms with Crippen LogP contribution in [0.25, 0.3) is 0 Å². The lowest BCUT2D eigenvalue weighted by Crippen LogP contribution is -2.48. The highest BCUT2D eigenvalue weighted by molar-refractivity contribution is 5.82. The summed E-state index contributed by atoms with van der Waals surface area (Å²) in [5.74, 6) is -1.14. The number of nitrogens with zero attached hydrogens (tertiary/aromatic N) is 1. The fourth-order valence-electron chi connectivity index (χ4n) is 1.34. The van der Waals surface area contributed by atoms with Crippen molar-refractivity contribution in [3.8, 4) is 0 Å². The van der Waals surface area contributed by atoms with Gasteiger partial charge in [0.1, 0.15) is 6.54 Å². The van der Waals surface area contributed by atoms with Crippen molar-refractivity contribution < 1.29 is 19.4 Å². The third-order valence-electron chi connectivity index (χ3n) is 2.14. The molecule has 0 rings (SSSR count). The SMILES string of the molecule is COCCCC(=O)N(CC(=O)O)C(C)(C)C. The first-order valence-corrected chi connectivity index (χ1v) is 5.30. The van der Waals surface area contributed by atoms with E-state index in [0.717, 1.165) is 0 Å². The second-order valence-corrected chi connectivity index (χ2v) is 4.64. The average Bonchev–Trinajstić information content (AvgIpc) is 2.12. The fourth-order valence-corrected chi connectivity index (χ4v) is 1.34. The summed E-state index contributed by atoms with van der Waals surface area (Å²) in [4.78, 5) is 23.9. The molecule has 0 heterocycles. The summed E-state index contributed by atoms with van der Waals surface area (Å²) in [6.07, 6.45) is 0.930. The standard InChI is InChI=1S/C11H21NO4/c1-11(2,3)12(8-10(14)15)9(13)6-5-7-16-4/h5-8H2,1-4H3,(H,14,15). The highest BCUT2D eigenvalue weighted by Gasteiger charge is 2.27. The van der Waals surface area contributed by atoms with Gasteiger partial charge in [0.2, 0.25) is 5.91 Å². The van der Waals surface area contributed by atoms with E-state index in [1.54, 1.807) is 7.11 Å². The summed E-state index contributed by atoms with van der Waals surface area (Å²) >= 11 is 0. The Labute approximate surface area is 96.4 Å². The molecule has 0 saturated carbocycles. The van der Waals surface area contributed by atoms with Gasteiger partial charge in [-0.2, -0.15) is 0 Å². The normalized spacial score (nSPS) is 11.2. The van der Waals surface area contributed by atoms with Crippen LogP contribution in [0.15, 0.2) is 0 Å². The van der Waals surface area contributed by atoms with Crippen LogP contribution in [0, 0.1) is 0 Å². The molecule has 1 amide bonds. The van der Waals surface area contributed by atoms with Gasteiger partial charge in [-0.1, -0.05) is 0 Å².